The van der Waals surface area contributed by atoms with Crippen LogP contribution < -0.4 is 4.74 Å². The van der Waals surface area contributed by atoms with E-state index in [0.29, 0.717) is 11.1 Å². The fourth-order valence-electron chi connectivity index (χ4n) is 3.84. The molecule has 2 heterocycles. The van der Waals surface area contributed by atoms with Gasteiger partial charge in [0.2, 0.25) is 0 Å². The van der Waals surface area contributed by atoms with Crippen molar-refractivity contribution in [3.05, 3.63) is 83.0 Å². The summed E-state index contributed by atoms with van der Waals surface area (Å²) >= 11 is 1.52. The van der Waals surface area contributed by atoms with Crippen LogP contribution in [0.25, 0.3) is 21.8 Å². The number of thiazole rings is 1. The Kier molecular flexibility index (Phi) is 6.57. The second-order valence-electron chi connectivity index (χ2n) is 7.45. The zero-order valence-electron chi connectivity index (χ0n) is 18.6. The van der Waals surface area contributed by atoms with E-state index in [9.17, 15) is 10.1 Å². The molecule has 0 bridgehead atoms. The summed E-state index contributed by atoms with van der Waals surface area (Å²) in [6.45, 7) is 2.03. The molecule has 2 aromatic carbocycles. The number of esters is 1. The number of nitriles is 1. The van der Waals surface area contributed by atoms with Gasteiger partial charge in [0.1, 0.15) is 10.8 Å². The first-order chi connectivity index (χ1) is 16.0. The summed E-state index contributed by atoms with van der Waals surface area (Å²) in [6, 6.07) is 17.8. The third-order valence-electron chi connectivity index (χ3n) is 5.34. The number of nitrogens with zero attached hydrogens (tertiary/aromatic N) is 3. The molecular formula is C26H23N3O3S. The van der Waals surface area contributed by atoms with Crippen molar-refractivity contribution in [2.45, 2.75) is 12.8 Å². The Labute approximate surface area is 197 Å². The topological polar surface area (TPSA) is 75.5 Å². The van der Waals surface area contributed by atoms with Gasteiger partial charge in [-0.3, -0.25) is 0 Å². The highest BCUT2D eigenvalue weighted by atomic mass is 32.1. The number of carbonyl (C=O) groups excluding carboxylic acids is 1. The Balaban J connectivity index is 1.77. The molecule has 0 fully saturated rings. The smallest absolute Gasteiger partial charge is 0.336 e. The molecule has 0 radical (unpaired) electrons. The van der Waals surface area contributed by atoms with E-state index in [2.05, 4.69) is 6.07 Å². The Morgan fingerprint density at radius 3 is 2.64 bits per heavy atom. The Hall–Kier alpha value is -3.89. The van der Waals surface area contributed by atoms with Crippen LogP contribution in [0.15, 0.2) is 77.5 Å². The van der Waals surface area contributed by atoms with Crippen LogP contribution in [-0.2, 0) is 9.53 Å². The molecule has 1 aliphatic heterocycles. The second kappa shape index (κ2) is 9.72. The monoisotopic (exact) mass is 457 g/mol. The molecule has 0 saturated heterocycles. The minimum Gasteiger partial charge on any atom is -0.497 e. The predicted molar refractivity (Wildman–Crippen MR) is 128 cm³/mol. The van der Waals surface area contributed by atoms with E-state index in [4.69, 9.17) is 14.5 Å². The van der Waals surface area contributed by atoms with E-state index in [0.717, 1.165) is 33.1 Å². The van der Waals surface area contributed by atoms with Gasteiger partial charge in [-0.05, 0) is 36.8 Å². The normalized spacial score (nSPS) is 15.3. The van der Waals surface area contributed by atoms with Crippen molar-refractivity contribution in [1.29, 1.82) is 5.26 Å². The van der Waals surface area contributed by atoms with Crippen molar-refractivity contribution in [3.8, 4) is 33.6 Å². The Morgan fingerprint density at radius 1 is 1.18 bits per heavy atom. The largest absolute Gasteiger partial charge is 0.497 e. The molecule has 0 spiro atoms. The number of benzene rings is 2. The number of rotatable bonds is 6. The molecule has 3 aromatic rings. The van der Waals surface area contributed by atoms with Crippen LogP contribution in [0.3, 0.4) is 0 Å². The molecule has 7 heteroatoms. The zero-order valence-corrected chi connectivity index (χ0v) is 19.4. The van der Waals surface area contributed by atoms with E-state index in [1.54, 1.807) is 38.4 Å². The van der Waals surface area contributed by atoms with Crippen LogP contribution >= 0.6 is 11.3 Å². The maximum absolute atomic E-state index is 12.8. The fraction of sp³-hybridized carbons (Fsp3) is 0.192. The molecule has 0 amide bonds. The molecule has 166 valence electrons. The lowest BCUT2D eigenvalue weighted by atomic mass is 9.82. The highest BCUT2D eigenvalue weighted by Gasteiger charge is 2.33. The van der Waals surface area contributed by atoms with E-state index in [1.807, 2.05) is 53.9 Å². The van der Waals surface area contributed by atoms with Crippen molar-refractivity contribution in [3.63, 3.8) is 0 Å². The highest BCUT2D eigenvalue weighted by molar-refractivity contribution is 7.13. The average molecular weight is 458 g/mol. The van der Waals surface area contributed by atoms with Gasteiger partial charge in [-0.1, -0.05) is 24.3 Å². The van der Waals surface area contributed by atoms with Gasteiger partial charge in [0, 0.05) is 36.0 Å². The van der Waals surface area contributed by atoms with Gasteiger partial charge in [0.25, 0.3) is 0 Å². The number of hydrogen-bond donors (Lipinski definition) is 0. The van der Waals surface area contributed by atoms with Crippen molar-refractivity contribution in [2.24, 2.45) is 0 Å². The Morgan fingerprint density at radius 2 is 1.94 bits per heavy atom. The van der Waals surface area contributed by atoms with Crippen molar-refractivity contribution < 1.29 is 14.3 Å². The zero-order chi connectivity index (χ0) is 23.4. The van der Waals surface area contributed by atoms with Crippen LogP contribution in [0.4, 0.5) is 0 Å². The van der Waals surface area contributed by atoms with Gasteiger partial charge in [0.05, 0.1) is 42.5 Å². The first-order valence-corrected chi connectivity index (χ1v) is 11.4. The van der Waals surface area contributed by atoms with Crippen LogP contribution in [0, 0.1) is 11.3 Å². The van der Waals surface area contributed by atoms with Crippen molar-refractivity contribution in [1.82, 2.24) is 9.88 Å². The lowest BCUT2D eigenvalue weighted by Crippen LogP contribution is -2.24. The molecular weight excluding hydrogens is 434 g/mol. The number of ether oxygens (including phenoxy) is 2. The number of methoxy groups -OCH3 is 1. The summed E-state index contributed by atoms with van der Waals surface area (Å²) in [5, 5.41) is 12.7. The Bertz CT molecular complexity index is 1270. The molecule has 0 saturated carbocycles. The lowest BCUT2D eigenvalue weighted by Gasteiger charge is -2.27. The van der Waals surface area contributed by atoms with Gasteiger partial charge < -0.3 is 14.4 Å². The molecule has 33 heavy (non-hydrogen) atoms. The summed E-state index contributed by atoms with van der Waals surface area (Å²) in [6.07, 6.45) is 3.47. The minimum atomic E-state index is -0.533. The summed E-state index contributed by atoms with van der Waals surface area (Å²) in [7, 11) is 3.43. The van der Waals surface area contributed by atoms with Crippen LogP contribution in [0.1, 0.15) is 18.4 Å². The number of aromatic nitrogens is 1. The first kappa shape index (κ1) is 22.3. The van der Waals surface area contributed by atoms with Crippen molar-refractivity contribution >= 4 is 17.3 Å². The summed E-state index contributed by atoms with van der Waals surface area (Å²) in [4.78, 5) is 19.4. The minimum absolute atomic E-state index is 0.261. The van der Waals surface area contributed by atoms with Crippen LogP contribution in [0.2, 0.25) is 0 Å². The molecule has 0 N–H and O–H groups in total. The van der Waals surface area contributed by atoms with Gasteiger partial charge in [-0.2, -0.15) is 5.26 Å². The lowest BCUT2D eigenvalue weighted by molar-refractivity contribution is -0.138. The molecule has 1 atom stereocenters. The second-order valence-corrected chi connectivity index (χ2v) is 8.31. The highest BCUT2D eigenvalue weighted by Crippen LogP contribution is 2.41. The predicted octanol–water partition coefficient (Wildman–Crippen LogP) is 5.37. The third-order valence-corrected chi connectivity index (χ3v) is 6.22. The molecule has 6 nitrogen and oxygen atoms in total. The van der Waals surface area contributed by atoms with E-state index >= 15 is 0 Å². The molecule has 1 unspecified atom stereocenters. The SMILES string of the molecule is CCOC(=O)C1=CN(C)C=C(C#N)C1c1ccccc1-c1nc(-c2ccc(OC)cc2)cs1. The van der Waals surface area contributed by atoms with Crippen LogP contribution in [-0.4, -0.2) is 36.6 Å². The van der Waals surface area contributed by atoms with Gasteiger partial charge in [-0.15, -0.1) is 11.3 Å². The number of hydrogen-bond acceptors (Lipinski definition) is 7. The quantitative estimate of drug-likeness (QED) is 0.463. The maximum atomic E-state index is 12.8. The summed E-state index contributed by atoms with van der Waals surface area (Å²) in [5.74, 6) is -0.172. The average Bonchev–Trinajstić information content (AvgIpc) is 3.34. The van der Waals surface area contributed by atoms with Crippen molar-refractivity contribution in [2.75, 3.05) is 20.8 Å². The fourth-order valence-corrected chi connectivity index (χ4v) is 4.72. The molecule has 1 aliphatic rings. The van der Waals surface area contributed by atoms with Crippen LogP contribution in [0.5, 0.6) is 5.75 Å². The third kappa shape index (κ3) is 4.52. The molecule has 0 aliphatic carbocycles. The van der Waals surface area contributed by atoms with Gasteiger partial charge in [-0.25, -0.2) is 9.78 Å². The molecule has 1 aromatic heterocycles. The van der Waals surface area contributed by atoms with Gasteiger partial charge >= 0.3 is 5.97 Å². The van der Waals surface area contributed by atoms with E-state index in [1.165, 1.54) is 11.3 Å². The summed E-state index contributed by atoms with van der Waals surface area (Å²) < 4.78 is 10.5. The standard InChI is InChI=1S/C26H23N3O3S/c1-4-32-26(30)22-15-29(2)14-18(13-27)24(22)20-7-5-6-8-21(20)25-28-23(16-33-25)17-9-11-19(31-3)12-10-17/h5-12,14-16,24H,4H2,1-3H3. The molecule has 4 rings (SSSR count). The maximum Gasteiger partial charge on any atom is 0.336 e. The first-order valence-electron chi connectivity index (χ1n) is 10.5. The number of allylic oxidation sites excluding steroid dienone is 1. The van der Waals surface area contributed by atoms with E-state index < -0.39 is 11.9 Å². The van der Waals surface area contributed by atoms with Gasteiger partial charge in [0.15, 0.2) is 0 Å². The van der Waals surface area contributed by atoms with E-state index in [-0.39, 0.29) is 6.61 Å². The summed E-state index contributed by atoms with van der Waals surface area (Å²) in [5.41, 5.74) is 4.47. The number of carbonyl (C=O) groups is 1.